The van der Waals surface area contributed by atoms with Crippen LogP contribution in [0.1, 0.15) is 31.7 Å². The summed E-state index contributed by atoms with van der Waals surface area (Å²) in [5.41, 5.74) is -0.447. The Labute approximate surface area is 113 Å². The highest BCUT2D eigenvalue weighted by Gasteiger charge is 2.48. The standard InChI is InChI=1S/C16H16O3/c1-2-19-15(18)16(11-6-9-14(16)17)12-10-13-7-4-3-5-8-13/h3-5,7-8H,2,6,9,11H2,1H3. The van der Waals surface area contributed by atoms with Crippen molar-refractivity contribution in [1.82, 2.24) is 0 Å². The molecule has 3 heteroatoms. The van der Waals surface area contributed by atoms with Crippen molar-refractivity contribution in [1.29, 1.82) is 0 Å². The van der Waals surface area contributed by atoms with E-state index in [0.717, 1.165) is 5.56 Å². The third-order valence-corrected chi connectivity index (χ3v) is 3.25. The van der Waals surface area contributed by atoms with Crippen LogP contribution >= 0.6 is 0 Å². The SMILES string of the molecule is CCOC(=O)C1(C#Cc2ccccc2)CCCC1=O. The molecule has 1 aliphatic rings. The molecule has 0 spiro atoms. The molecule has 0 radical (unpaired) electrons. The van der Waals surface area contributed by atoms with Gasteiger partial charge in [-0.2, -0.15) is 0 Å². The first-order valence-corrected chi connectivity index (χ1v) is 6.48. The molecule has 0 aliphatic heterocycles. The predicted molar refractivity (Wildman–Crippen MR) is 71.2 cm³/mol. The molecule has 0 heterocycles. The number of ether oxygens (including phenoxy) is 1. The lowest BCUT2D eigenvalue weighted by Gasteiger charge is -2.18. The van der Waals surface area contributed by atoms with E-state index in [9.17, 15) is 9.59 Å². The molecule has 0 bridgehead atoms. The molecule has 1 unspecified atom stereocenters. The van der Waals surface area contributed by atoms with Crippen LogP contribution < -0.4 is 0 Å². The maximum Gasteiger partial charge on any atom is 0.331 e. The van der Waals surface area contributed by atoms with Crippen molar-refractivity contribution in [2.45, 2.75) is 26.2 Å². The second kappa shape index (κ2) is 5.71. The maximum absolute atomic E-state index is 12.1. The summed E-state index contributed by atoms with van der Waals surface area (Å²) in [6, 6.07) is 9.35. The minimum atomic E-state index is -1.24. The van der Waals surface area contributed by atoms with Crippen LogP contribution in [-0.2, 0) is 14.3 Å². The summed E-state index contributed by atoms with van der Waals surface area (Å²) in [6.07, 6.45) is 1.56. The van der Waals surface area contributed by atoms with E-state index in [1.807, 2.05) is 30.3 Å². The summed E-state index contributed by atoms with van der Waals surface area (Å²) in [5.74, 6) is 5.18. The molecule has 1 saturated carbocycles. The number of rotatable bonds is 2. The quantitative estimate of drug-likeness (QED) is 0.463. The minimum absolute atomic E-state index is 0.116. The average molecular weight is 256 g/mol. The number of esters is 1. The summed E-state index contributed by atoms with van der Waals surface area (Å²) < 4.78 is 5.03. The number of benzene rings is 1. The molecule has 1 atom stereocenters. The summed E-state index contributed by atoms with van der Waals surface area (Å²) in [6.45, 7) is 2.00. The van der Waals surface area contributed by atoms with Gasteiger partial charge >= 0.3 is 5.97 Å². The van der Waals surface area contributed by atoms with Gasteiger partial charge in [-0.3, -0.25) is 4.79 Å². The van der Waals surface area contributed by atoms with Crippen molar-refractivity contribution in [3.63, 3.8) is 0 Å². The van der Waals surface area contributed by atoms with Crippen LogP contribution in [0.5, 0.6) is 0 Å². The zero-order chi connectivity index (χ0) is 13.7. The van der Waals surface area contributed by atoms with Crippen LogP contribution in [0.4, 0.5) is 0 Å². The van der Waals surface area contributed by atoms with Gasteiger partial charge < -0.3 is 4.74 Å². The zero-order valence-electron chi connectivity index (χ0n) is 10.9. The van der Waals surface area contributed by atoms with E-state index in [-0.39, 0.29) is 12.4 Å². The number of hydrogen-bond donors (Lipinski definition) is 0. The molecule has 0 saturated heterocycles. The maximum atomic E-state index is 12.1. The fourth-order valence-electron chi connectivity index (χ4n) is 2.22. The fraction of sp³-hybridized carbons (Fsp3) is 0.375. The van der Waals surface area contributed by atoms with Crippen molar-refractivity contribution in [3.8, 4) is 11.8 Å². The van der Waals surface area contributed by atoms with Gasteiger partial charge in [-0.15, -0.1) is 0 Å². The lowest BCUT2D eigenvalue weighted by atomic mass is 9.85. The van der Waals surface area contributed by atoms with E-state index in [1.165, 1.54) is 0 Å². The Kier molecular flexibility index (Phi) is 4.01. The highest BCUT2D eigenvalue weighted by atomic mass is 16.5. The van der Waals surface area contributed by atoms with E-state index in [0.29, 0.717) is 19.3 Å². The lowest BCUT2D eigenvalue weighted by Crippen LogP contribution is -2.35. The normalized spacial score (nSPS) is 21.6. The molecule has 0 amide bonds. The van der Waals surface area contributed by atoms with E-state index in [1.54, 1.807) is 6.92 Å². The molecule has 2 rings (SSSR count). The Morgan fingerprint density at radius 2 is 2.11 bits per heavy atom. The van der Waals surface area contributed by atoms with Gasteiger partial charge in [0.25, 0.3) is 0 Å². The predicted octanol–water partition coefficient (Wildman–Crippen LogP) is 2.34. The topological polar surface area (TPSA) is 43.4 Å². The molecule has 3 nitrogen and oxygen atoms in total. The third kappa shape index (κ3) is 2.68. The van der Waals surface area contributed by atoms with Gasteiger partial charge in [0.2, 0.25) is 0 Å². The highest BCUT2D eigenvalue weighted by Crippen LogP contribution is 2.35. The second-order valence-electron chi connectivity index (χ2n) is 4.52. The first kappa shape index (κ1) is 13.4. The molecule has 1 fully saturated rings. The molecular formula is C16H16O3. The zero-order valence-corrected chi connectivity index (χ0v) is 10.9. The Morgan fingerprint density at radius 3 is 2.68 bits per heavy atom. The van der Waals surface area contributed by atoms with Crippen LogP contribution in [0.25, 0.3) is 0 Å². The average Bonchev–Trinajstić information content (AvgIpc) is 2.80. The summed E-state index contributed by atoms with van der Waals surface area (Å²) >= 11 is 0. The van der Waals surface area contributed by atoms with E-state index in [2.05, 4.69) is 11.8 Å². The first-order valence-electron chi connectivity index (χ1n) is 6.48. The summed E-state index contributed by atoms with van der Waals surface area (Å²) in [4.78, 5) is 24.1. The van der Waals surface area contributed by atoms with Crippen LogP contribution in [0.3, 0.4) is 0 Å². The van der Waals surface area contributed by atoms with Gasteiger partial charge in [0.15, 0.2) is 11.2 Å². The lowest BCUT2D eigenvalue weighted by molar-refractivity contribution is -0.154. The number of carbonyl (C=O) groups excluding carboxylic acids is 2. The molecule has 0 N–H and O–H groups in total. The summed E-state index contributed by atoms with van der Waals surface area (Å²) in [7, 11) is 0. The van der Waals surface area contributed by atoms with Gasteiger partial charge in [0, 0.05) is 12.0 Å². The van der Waals surface area contributed by atoms with Crippen molar-refractivity contribution < 1.29 is 14.3 Å². The molecule has 0 aromatic heterocycles. The van der Waals surface area contributed by atoms with Crippen molar-refractivity contribution in [3.05, 3.63) is 35.9 Å². The number of ketones is 1. The van der Waals surface area contributed by atoms with Crippen molar-refractivity contribution >= 4 is 11.8 Å². The Balaban J connectivity index is 2.33. The van der Waals surface area contributed by atoms with E-state index in [4.69, 9.17) is 4.74 Å². The van der Waals surface area contributed by atoms with Crippen molar-refractivity contribution in [2.24, 2.45) is 5.41 Å². The van der Waals surface area contributed by atoms with Gasteiger partial charge in [-0.1, -0.05) is 30.0 Å². The highest BCUT2D eigenvalue weighted by molar-refractivity contribution is 6.08. The third-order valence-electron chi connectivity index (χ3n) is 3.25. The Morgan fingerprint density at radius 1 is 1.37 bits per heavy atom. The van der Waals surface area contributed by atoms with E-state index >= 15 is 0 Å². The largest absolute Gasteiger partial charge is 0.465 e. The Bertz CT molecular complexity index is 536. The molecule has 19 heavy (non-hydrogen) atoms. The molecule has 1 aliphatic carbocycles. The smallest absolute Gasteiger partial charge is 0.331 e. The number of hydrogen-bond acceptors (Lipinski definition) is 3. The van der Waals surface area contributed by atoms with Crippen LogP contribution in [0.15, 0.2) is 30.3 Å². The molecule has 1 aromatic carbocycles. The molecular weight excluding hydrogens is 240 g/mol. The van der Waals surface area contributed by atoms with Crippen molar-refractivity contribution in [2.75, 3.05) is 6.61 Å². The van der Waals surface area contributed by atoms with Crippen LogP contribution in [0.2, 0.25) is 0 Å². The van der Waals surface area contributed by atoms with Crippen LogP contribution in [0, 0.1) is 17.3 Å². The van der Waals surface area contributed by atoms with Crippen LogP contribution in [-0.4, -0.2) is 18.4 Å². The first-order chi connectivity index (χ1) is 9.19. The van der Waals surface area contributed by atoms with E-state index < -0.39 is 11.4 Å². The Hall–Kier alpha value is -2.08. The summed E-state index contributed by atoms with van der Waals surface area (Å²) in [5, 5.41) is 0. The fourth-order valence-corrected chi connectivity index (χ4v) is 2.22. The van der Waals surface area contributed by atoms with Gasteiger partial charge in [-0.05, 0) is 31.9 Å². The molecule has 1 aromatic rings. The monoisotopic (exact) mass is 256 g/mol. The van der Waals surface area contributed by atoms with Gasteiger partial charge in [0.1, 0.15) is 0 Å². The molecule has 98 valence electrons. The van der Waals surface area contributed by atoms with Gasteiger partial charge in [0.05, 0.1) is 6.61 Å². The van der Waals surface area contributed by atoms with Gasteiger partial charge in [-0.25, -0.2) is 4.79 Å². The number of carbonyl (C=O) groups is 2. The minimum Gasteiger partial charge on any atom is -0.465 e. The number of Topliss-reactive ketones (excluding diaryl/α,β-unsaturated/α-hetero) is 1. The second-order valence-corrected chi connectivity index (χ2v) is 4.52.